The van der Waals surface area contributed by atoms with E-state index in [9.17, 15) is 9.59 Å². The molecule has 0 radical (unpaired) electrons. The summed E-state index contributed by atoms with van der Waals surface area (Å²) in [5.41, 5.74) is 1.97. The molecule has 1 atom stereocenters. The highest BCUT2D eigenvalue weighted by molar-refractivity contribution is 6.00. The molecule has 4 heterocycles. The Kier molecular flexibility index (Phi) is 6.55. The molecule has 38 heavy (non-hydrogen) atoms. The van der Waals surface area contributed by atoms with Gasteiger partial charge in [-0.15, -0.1) is 0 Å². The van der Waals surface area contributed by atoms with Crippen LogP contribution in [0.5, 0.6) is 0 Å². The molecule has 0 spiro atoms. The fraction of sp³-hybridized carbons (Fsp3) is 0.385. The maximum atomic E-state index is 15.2. The third-order valence-electron chi connectivity index (χ3n) is 6.43. The molecule has 5 rings (SSSR count). The summed E-state index contributed by atoms with van der Waals surface area (Å²) in [4.78, 5) is 34.5. The monoisotopic (exact) mass is 520 g/mol. The standard InChI is InChI=1S/C26H29FN8O3/c1-14(36)30-17-8-10-35(13-17)22-20-18(7-9-28-21(20)32-33-22)15-5-6-16(19(27)11-15)12-29-23(37)24-31-25(34-38-24)26(2,3)4/h5-7,9,11,17H,8,10,12-13H2,1-4H3,(H,29,37)(H,30,36)(H,28,32,33)/t17-/m1/s1. The number of pyridine rings is 1. The van der Waals surface area contributed by atoms with E-state index in [0.29, 0.717) is 35.0 Å². The van der Waals surface area contributed by atoms with Crippen LogP contribution in [0.4, 0.5) is 10.2 Å². The van der Waals surface area contributed by atoms with Crippen molar-refractivity contribution >= 4 is 28.7 Å². The summed E-state index contributed by atoms with van der Waals surface area (Å²) in [7, 11) is 0. The van der Waals surface area contributed by atoms with Crippen molar-refractivity contribution in [2.24, 2.45) is 0 Å². The Morgan fingerprint density at radius 1 is 1.26 bits per heavy atom. The predicted molar refractivity (Wildman–Crippen MR) is 138 cm³/mol. The lowest BCUT2D eigenvalue weighted by molar-refractivity contribution is -0.119. The van der Waals surface area contributed by atoms with Crippen LogP contribution in [0.15, 0.2) is 35.0 Å². The molecule has 12 heteroatoms. The van der Waals surface area contributed by atoms with E-state index in [2.05, 4.69) is 40.9 Å². The summed E-state index contributed by atoms with van der Waals surface area (Å²) in [5, 5.41) is 17.6. The number of hydrogen-bond donors (Lipinski definition) is 3. The largest absolute Gasteiger partial charge is 0.352 e. The number of fused-ring (bicyclic) bond motifs is 1. The van der Waals surface area contributed by atoms with Crippen LogP contribution in [0, 0.1) is 5.82 Å². The number of aromatic nitrogens is 5. The molecule has 198 valence electrons. The van der Waals surface area contributed by atoms with Gasteiger partial charge in [0, 0.05) is 49.8 Å². The zero-order valence-electron chi connectivity index (χ0n) is 21.6. The normalized spacial score (nSPS) is 15.7. The number of amides is 2. The van der Waals surface area contributed by atoms with E-state index in [1.807, 2.05) is 26.8 Å². The van der Waals surface area contributed by atoms with E-state index in [1.165, 1.54) is 13.0 Å². The molecular formula is C26H29FN8O3. The van der Waals surface area contributed by atoms with Gasteiger partial charge in [0.15, 0.2) is 17.3 Å². The summed E-state index contributed by atoms with van der Waals surface area (Å²) >= 11 is 0. The first kappa shape index (κ1) is 25.3. The van der Waals surface area contributed by atoms with Crippen molar-refractivity contribution in [2.45, 2.75) is 52.1 Å². The van der Waals surface area contributed by atoms with Crippen LogP contribution < -0.4 is 15.5 Å². The Bertz CT molecular complexity index is 1510. The van der Waals surface area contributed by atoms with E-state index in [0.717, 1.165) is 23.9 Å². The first-order valence-corrected chi connectivity index (χ1v) is 12.4. The van der Waals surface area contributed by atoms with Gasteiger partial charge in [0.05, 0.1) is 5.39 Å². The topological polar surface area (TPSA) is 142 Å². The van der Waals surface area contributed by atoms with Gasteiger partial charge in [0.2, 0.25) is 5.91 Å². The van der Waals surface area contributed by atoms with Crippen LogP contribution in [0.25, 0.3) is 22.2 Å². The number of benzene rings is 1. The molecule has 1 saturated heterocycles. The highest BCUT2D eigenvalue weighted by Gasteiger charge is 2.28. The molecule has 3 aromatic heterocycles. The average molecular weight is 521 g/mol. The number of carbonyl (C=O) groups excluding carboxylic acids is 2. The fourth-order valence-electron chi connectivity index (χ4n) is 4.49. The van der Waals surface area contributed by atoms with Crippen LogP contribution >= 0.6 is 0 Å². The lowest BCUT2D eigenvalue weighted by Gasteiger charge is -2.17. The number of H-pyrrole nitrogens is 1. The molecule has 0 bridgehead atoms. The average Bonchev–Trinajstić information content (AvgIpc) is 3.61. The second-order valence-corrected chi connectivity index (χ2v) is 10.4. The Morgan fingerprint density at radius 3 is 2.79 bits per heavy atom. The summed E-state index contributed by atoms with van der Waals surface area (Å²) in [5.74, 6) is -0.142. The molecule has 11 nitrogen and oxygen atoms in total. The van der Waals surface area contributed by atoms with Crippen LogP contribution in [-0.4, -0.2) is 56.3 Å². The minimum Gasteiger partial charge on any atom is -0.352 e. The van der Waals surface area contributed by atoms with Gasteiger partial charge in [-0.2, -0.15) is 10.1 Å². The van der Waals surface area contributed by atoms with Crippen molar-refractivity contribution in [1.82, 2.24) is 36.0 Å². The minimum absolute atomic E-state index is 0.0403. The van der Waals surface area contributed by atoms with Gasteiger partial charge >= 0.3 is 11.8 Å². The van der Waals surface area contributed by atoms with Crippen molar-refractivity contribution in [1.29, 1.82) is 0 Å². The molecular weight excluding hydrogens is 491 g/mol. The molecule has 0 aliphatic carbocycles. The number of aromatic amines is 1. The Hall–Kier alpha value is -4.35. The van der Waals surface area contributed by atoms with Crippen LogP contribution in [0.1, 0.15) is 56.2 Å². The summed E-state index contributed by atoms with van der Waals surface area (Å²) < 4.78 is 20.2. The van der Waals surface area contributed by atoms with Gasteiger partial charge in [-0.25, -0.2) is 9.37 Å². The zero-order chi connectivity index (χ0) is 27.0. The van der Waals surface area contributed by atoms with Gasteiger partial charge in [-0.05, 0) is 29.7 Å². The highest BCUT2D eigenvalue weighted by atomic mass is 19.1. The number of anilines is 1. The maximum Gasteiger partial charge on any atom is 0.315 e. The van der Waals surface area contributed by atoms with Crippen molar-refractivity contribution in [3.63, 3.8) is 0 Å². The quantitative estimate of drug-likeness (QED) is 0.352. The van der Waals surface area contributed by atoms with Gasteiger partial charge in [0.25, 0.3) is 0 Å². The molecule has 3 N–H and O–H groups in total. The third-order valence-corrected chi connectivity index (χ3v) is 6.43. The van der Waals surface area contributed by atoms with E-state index in [1.54, 1.807) is 18.3 Å². The van der Waals surface area contributed by atoms with Crippen LogP contribution in [0.2, 0.25) is 0 Å². The summed E-state index contributed by atoms with van der Waals surface area (Å²) in [6.45, 7) is 8.54. The van der Waals surface area contributed by atoms with Gasteiger partial charge < -0.3 is 20.1 Å². The van der Waals surface area contributed by atoms with E-state index < -0.39 is 11.7 Å². The van der Waals surface area contributed by atoms with Crippen molar-refractivity contribution < 1.29 is 18.5 Å². The summed E-state index contributed by atoms with van der Waals surface area (Å²) in [6, 6.07) is 6.72. The molecule has 4 aromatic rings. The molecule has 1 aliphatic rings. The van der Waals surface area contributed by atoms with E-state index in [-0.39, 0.29) is 29.8 Å². The molecule has 1 fully saturated rings. The van der Waals surface area contributed by atoms with Gasteiger partial charge in [-0.1, -0.05) is 38.1 Å². The smallest absolute Gasteiger partial charge is 0.315 e. The van der Waals surface area contributed by atoms with E-state index >= 15 is 4.39 Å². The molecule has 1 aromatic carbocycles. The number of carbonyl (C=O) groups is 2. The molecule has 0 unspecified atom stereocenters. The number of hydrogen-bond acceptors (Lipinski definition) is 8. The lowest BCUT2D eigenvalue weighted by Crippen LogP contribution is -2.35. The van der Waals surface area contributed by atoms with Crippen molar-refractivity contribution in [3.05, 3.63) is 53.6 Å². The molecule has 2 amide bonds. The summed E-state index contributed by atoms with van der Waals surface area (Å²) in [6.07, 6.45) is 2.45. The highest BCUT2D eigenvalue weighted by Crippen LogP contribution is 2.35. The zero-order valence-corrected chi connectivity index (χ0v) is 21.6. The first-order chi connectivity index (χ1) is 18.1. The van der Waals surface area contributed by atoms with Crippen molar-refractivity contribution in [2.75, 3.05) is 18.0 Å². The molecule has 1 aliphatic heterocycles. The number of rotatable bonds is 6. The number of halogens is 1. The second kappa shape index (κ2) is 9.84. The second-order valence-electron chi connectivity index (χ2n) is 10.4. The number of nitrogens with zero attached hydrogens (tertiary/aromatic N) is 5. The van der Waals surface area contributed by atoms with Crippen LogP contribution in [-0.2, 0) is 16.8 Å². The SMILES string of the molecule is CC(=O)N[C@@H]1CCN(c2n[nH]c3nccc(-c4ccc(CNC(=O)c5nc(C(C)(C)C)no5)c(F)c4)c23)C1. The Balaban J connectivity index is 1.35. The van der Waals surface area contributed by atoms with E-state index in [4.69, 9.17) is 4.52 Å². The Morgan fingerprint density at radius 2 is 2.08 bits per heavy atom. The van der Waals surface area contributed by atoms with Crippen LogP contribution in [0.3, 0.4) is 0 Å². The van der Waals surface area contributed by atoms with Gasteiger partial charge in [0.1, 0.15) is 5.82 Å². The lowest BCUT2D eigenvalue weighted by atomic mass is 9.96. The molecule has 0 saturated carbocycles. The minimum atomic E-state index is -0.571. The Labute approximate surface area is 218 Å². The fourth-order valence-corrected chi connectivity index (χ4v) is 4.49. The third kappa shape index (κ3) is 5.06. The first-order valence-electron chi connectivity index (χ1n) is 12.4. The van der Waals surface area contributed by atoms with Crippen molar-refractivity contribution in [3.8, 4) is 11.1 Å². The number of nitrogens with one attached hydrogen (secondary N) is 3. The predicted octanol–water partition coefficient (Wildman–Crippen LogP) is 3.09. The van der Waals surface area contributed by atoms with Gasteiger partial charge in [-0.3, -0.25) is 14.7 Å². The maximum absolute atomic E-state index is 15.2.